The number of nitrogens with zero attached hydrogens (tertiary/aromatic N) is 3. The Morgan fingerprint density at radius 2 is 2.28 bits per heavy atom. The first-order valence-corrected chi connectivity index (χ1v) is 6.73. The molecule has 5 nitrogen and oxygen atoms in total. The van der Waals surface area contributed by atoms with E-state index in [-0.39, 0.29) is 0 Å². The van der Waals surface area contributed by atoms with Crippen LogP contribution in [0.1, 0.15) is 37.7 Å². The molecular weight excluding hydrogens is 246 g/mol. The van der Waals surface area contributed by atoms with E-state index >= 15 is 0 Å². The fraction of sp³-hybridized carbons (Fsp3) is 0.583. The van der Waals surface area contributed by atoms with Crippen LogP contribution in [0, 0.1) is 0 Å². The van der Waals surface area contributed by atoms with E-state index in [1.165, 1.54) is 32.1 Å². The molecule has 0 aliphatic heterocycles. The summed E-state index contributed by atoms with van der Waals surface area (Å²) in [7, 11) is 1.88. The van der Waals surface area contributed by atoms with E-state index in [1.54, 1.807) is 17.1 Å². The summed E-state index contributed by atoms with van der Waals surface area (Å²) in [5, 5.41) is 12.0. The van der Waals surface area contributed by atoms with Gasteiger partial charge in [0, 0.05) is 24.8 Å². The van der Waals surface area contributed by atoms with Crippen molar-refractivity contribution >= 4 is 23.5 Å². The van der Waals surface area contributed by atoms with Gasteiger partial charge < -0.3 is 5.32 Å². The number of hydrogen-bond acceptors (Lipinski definition) is 3. The minimum atomic E-state index is 0.507. The highest BCUT2D eigenvalue weighted by molar-refractivity contribution is 7.80. The number of aryl methyl sites for hydroxylation is 1. The Morgan fingerprint density at radius 3 is 2.94 bits per heavy atom. The molecule has 0 saturated heterocycles. The maximum Gasteiger partial charge on any atom is 0.187 e. The minimum absolute atomic E-state index is 0.507. The predicted molar refractivity (Wildman–Crippen MR) is 76.5 cm³/mol. The standard InChI is InChI=1S/C12H19N5S/c1-17-9-10(8-14-17)7-13-16-12(18)15-11-5-3-2-4-6-11/h7-9,11H,2-6H2,1H3,(H2,15,16,18)/b13-7+. The molecule has 2 rings (SSSR count). The molecule has 1 saturated carbocycles. The van der Waals surface area contributed by atoms with Gasteiger partial charge in [0.15, 0.2) is 5.11 Å². The molecule has 0 radical (unpaired) electrons. The largest absolute Gasteiger partial charge is 0.359 e. The predicted octanol–water partition coefficient (Wildman–Crippen LogP) is 1.55. The fourth-order valence-corrected chi connectivity index (χ4v) is 2.36. The van der Waals surface area contributed by atoms with Crippen LogP contribution in [0.4, 0.5) is 0 Å². The fourth-order valence-electron chi connectivity index (χ4n) is 2.14. The first-order valence-electron chi connectivity index (χ1n) is 6.32. The highest BCUT2D eigenvalue weighted by Gasteiger charge is 2.13. The first kappa shape index (κ1) is 13.0. The Morgan fingerprint density at radius 1 is 1.50 bits per heavy atom. The van der Waals surface area contributed by atoms with Crippen LogP contribution < -0.4 is 10.7 Å². The van der Waals surface area contributed by atoms with Gasteiger partial charge in [-0.05, 0) is 25.1 Å². The monoisotopic (exact) mass is 265 g/mol. The maximum atomic E-state index is 5.20. The van der Waals surface area contributed by atoms with Gasteiger partial charge >= 0.3 is 0 Å². The molecule has 0 amide bonds. The van der Waals surface area contributed by atoms with Gasteiger partial charge in [-0.2, -0.15) is 10.2 Å². The zero-order chi connectivity index (χ0) is 12.8. The third kappa shape index (κ3) is 4.10. The van der Waals surface area contributed by atoms with Gasteiger partial charge in [0.05, 0.1) is 12.4 Å². The van der Waals surface area contributed by atoms with E-state index < -0.39 is 0 Å². The van der Waals surface area contributed by atoms with E-state index in [9.17, 15) is 0 Å². The van der Waals surface area contributed by atoms with Gasteiger partial charge in [0.2, 0.25) is 0 Å². The van der Waals surface area contributed by atoms with Crippen molar-refractivity contribution in [1.29, 1.82) is 0 Å². The summed E-state index contributed by atoms with van der Waals surface area (Å²) in [5.74, 6) is 0. The van der Waals surface area contributed by atoms with E-state index in [1.807, 2.05) is 13.2 Å². The van der Waals surface area contributed by atoms with Gasteiger partial charge in [-0.3, -0.25) is 10.1 Å². The molecule has 1 aliphatic rings. The molecule has 1 aromatic rings. The number of aromatic nitrogens is 2. The van der Waals surface area contributed by atoms with E-state index in [0.717, 1.165) is 5.56 Å². The molecule has 1 aromatic heterocycles. The average Bonchev–Trinajstić information content (AvgIpc) is 2.76. The summed E-state index contributed by atoms with van der Waals surface area (Å²) in [5.41, 5.74) is 3.79. The molecule has 98 valence electrons. The van der Waals surface area contributed by atoms with Crippen LogP contribution in [0.5, 0.6) is 0 Å². The normalized spacial score (nSPS) is 16.9. The third-order valence-electron chi connectivity index (χ3n) is 3.04. The second-order valence-electron chi connectivity index (χ2n) is 4.63. The SMILES string of the molecule is Cn1cc(/C=N/NC(=S)NC2CCCCC2)cn1. The van der Waals surface area contributed by atoms with Crippen molar-refractivity contribution in [2.24, 2.45) is 12.1 Å². The van der Waals surface area contributed by atoms with E-state index in [0.29, 0.717) is 11.2 Å². The summed E-state index contributed by atoms with van der Waals surface area (Å²) in [6, 6.07) is 0.507. The van der Waals surface area contributed by atoms with Crippen molar-refractivity contribution in [2.75, 3.05) is 0 Å². The van der Waals surface area contributed by atoms with Gasteiger partial charge in [-0.25, -0.2) is 0 Å². The average molecular weight is 265 g/mol. The number of nitrogens with one attached hydrogen (secondary N) is 2. The maximum absolute atomic E-state index is 5.20. The zero-order valence-corrected chi connectivity index (χ0v) is 11.4. The molecule has 0 spiro atoms. The Bertz CT molecular complexity index is 420. The van der Waals surface area contributed by atoms with E-state index in [4.69, 9.17) is 12.2 Å². The van der Waals surface area contributed by atoms with Crippen molar-refractivity contribution in [2.45, 2.75) is 38.1 Å². The lowest BCUT2D eigenvalue weighted by atomic mass is 9.96. The number of rotatable bonds is 3. The lowest BCUT2D eigenvalue weighted by Crippen LogP contribution is -2.40. The van der Waals surface area contributed by atoms with Crippen LogP contribution >= 0.6 is 12.2 Å². The summed E-state index contributed by atoms with van der Waals surface area (Å²) in [4.78, 5) is 0. The van der Waals surface area contributed by atoms with E-state index in [2.05, 4.69) is 20.9 Å². The Kier molecular flexibility index (Phi) is 4.69. The summed E-state index contributed by atoms with van der Waals surface area (Å²) < 4.78 is 1.74. The molecule has 0 atom stereocenters. The van der Waals surface area contributed by atoms with Crippen molar-refractivity contribution in [3.63, 3.8) is 0 Å². The van der Waals surface area contributed by atoms with Crippen LogP contribution in [-0.4, -0.2) is 27.1 Å². The second-order valence-corrected chi connectivity index (χ2v) is 5.03. The Hall–Kier alpha value is -1.43. The van der Waals surface area contributed by atoms with Crippen LogP contribution in [-0.2, 0) is 7.05 Å². The van der Waals surface area contributed by atoms with Gasteiger partial charge in [0.1, 0.15) is 0 Å². The molecule has 18 heavy (non-hydrogen) atoms. The van der Waals surface area contributed by atoms with Gasteiger partial charge in [-0.15, -0.1) is 0 Å². The molecule has 2 N–H and O–H groups in total. The number of hydrazone groups is 1. The molecule has 1 fully saturated rings. The summed E-state index contributed by atoms with van der Waals surface area (Å²) in [6.07, 6.45) is 11.7. The van der Waals surface area contributed by atoms with Crippen molar-refractivity contribution < 1.29 is 0 Å². The number of hydrogen-bond donors (Lipinski definition) is 2. The Labute approximate surface area is 113 Å². The summed E-state index contributed by atoms with van der Waals surface area (Å²) in [6.45, 7) is 0. The molecular formula is C12H19N5S. The lowest BCUT2D eigenvalue weighted by molar-refractivity contribution is 0.412. The molecule has 6 heteroatoms. The second kappa shape index (κ2) is 6.49. The molecule has 0 unspecified atom stereocenters. The van der Waals surface area contributed by atoms with Crippen LogP contribution in [0.3, 0.4) is 0 Å². The topological polar surface area (TPSA) is 54.2 Å². The minimum Gasteiger partial charge on any atom is -0.359 e. The van der Waals surface area contributed by atoms with Crippen molar-refractivity contribution in [1.82, 2.24) is 20.5 Å². The van der Waals surface area contributed by atoms with Gasteiger partial charge in [0.25, 0.3) is 0 Å². The van der Waals surface area contributed by atoms with Gasteiger partial charge in [-0.1, -0.05) is 19.3 Å². The molecule has 1 aliphatic carbocycles. The van der Waals surface area contributed by atoms with Crippen LogP contribution in [0.25, 0.3) is 0 Å². The molecule has 1 heterocycles. The number of thiocarbonyl (C=S) groups is 1. The molecule has 0 aromatic carbocycles. The highest BCUT2D eigenvalue weighted by Crippen LogP contribution is 2.17. The third-order valence-corrected chi connectivity index (χ3v) is 3.25. The lowest BCUT2D eigenvalue weighted by Gasteiger charge is -2.23. The van der Waals surface area contributed by atoms with Crippen LogP contribution in [0.2, 0.25) is 0 Å². The molecule has 0 bridgehead atoms. The highest BCUT2D eigenvalue weighted by atomic mass is 32.1. The Balaban J connectivity index is 1.72. The van der Waals surface area contributed by atoms with Crippen LogP contribution in [0.15, 0.2) is 17.5 Å². The van der Waals surface area contributed by atoms with Crippen molar-refractivity contribution in [3.05, 3.63) is 18.0 Å². The smallest absolute Gasteiger partial charge is 0.187 e. The van der Waals surface area contributed by atoms with Crippen molar-refractivity contribution in [3.8, 4) is 0 Å². The zero-order valence-electron chi connectivity index (χ0n) is 10.6. The quantitative estimate of drug-likeness (QED) is 0.495. The summed E-state index contributed by atoms with van der Waals surface area (Å²) >= 11 is 5.20. The first-order chi connectivity index (χ1) is 8.74.